The van der Waals surface area contributed by atoms with Gasteiger partial charge in [-0.3, -0.25) is 0 Å². The number of piperidine rings is 1. The summed E-state index contributed by atoms with van der Waals surface area (Å²) in [5.74, 6) is 1.02. The molecule has 0 aromatic heterocycles. The summed E-state index contributed by atoms with van der Waals surface area (Å²) in [6.45, 7) is 7.76. The predicted octanol–water partition coefficient (Wildman–Crippen LogP) is 3.31. The van der Waals surface area contributed by atoms with E-state index in [-0.39, 0.29) is 0 Å². The van der Waals surface area contributed by atoms with Gasteiger partial charge in [-0.05, 0) is 74.9 Å². The number of nitrogens with one attached hydrogen (secondary N) is 1. The van der Waals surface area contributed by atoms with Crippen LogP contribution in [-0.2, 0) is 6.42 Å². The van der Waals surface area contributed by atoms with Gasteiger partial charge in [-0.15, -0.1) is 0 Å². The molecule has 0 saturated carbocycles. The molecule has 2 heteroatoms. The number of rotatable bonds is 3. The van der Waals surface area contributed by atoms with Crippen LogP contribution in [-0.4, -0.2) is 19.7 Å². The Morgan fingerprint density at radius 3 is 2.61 bits per heavy atom. The standard InChI is InChI=1S/C16H25NO/c1-11-9-16(18-4)13(3)12(2)15(11)10-14-7-5-6-8-17-14/h9,14,17H,5-8,10H2,1-4H3. The normalized spacial score (nSPS) is 19.9. The average Bonchev–Trinajstić information content (AvgIpc) is 2.40. The lowest BCUT2D eigenvalue weighted by Crippen LogP contribution is -2.36. The van der Waals surface area contributed by atoms with Gasteiger partial charge in [0.15, 0.2) is 0 Å². The van der Waals surface area contributed by atoms with Crippen molar-refractivity contribution in [3.63, 3.8) is 0 Å². The summed E-state index contributed by atoms with van der Waals surface area (Å²) >= 11 is 0. The molecule has 2 rings (SSSR count). The van der Waals surface area contributed by atoms with Crippen molar-refractivity contribution >= 4 is 0 Å². The van der Waals surface area contributed by atoms with Crippen LogP contribution in [0.3, 0.4) is 0 Å². The first-order valence-corrected chi connectivity index (χ1v) is 7.00. The molecule has 18 heavy (non-hydrogen) atoms. The van der Waals surface area contributed by atoms with Crippen molar-refractivity contribution < 1.29 is 4.74 Å². The lowest BCUT2D eigenvalue weighted by Gasteiger charge is -2.26. The van der Waals surface area contributed by atoms with Gasteiger partial charge in [0.25, 0.3) is 0 Å². The van der Waals surface area contributed by atoms with Crippen molar-refractivity contribution in [1.82, 2.24) is 5.32 Å². The highest BCUT2D eigenvalue weighted by molar-refractivity contribution is 5.48. The first-order chi connectivity index (χ1) is 8.63. The molecule has 0 spiro atoms. The summed E-state index contributed by atoms with van der Waals surface area (Å²) in [6, 6.07) is 2.84. The molecule has 0 amide bonds. The van der Waals surface area contributed by atoms with E-state index in [2.05, 4.69) is 32.2 Å². The molecular formula is C16H25NO. The number of aryl methyl sites for hydroxylation is 1. The van der Waals surface area contributed by atoms with Crippen LogP contribution in [0, 0.1) is 20.8 Å². The molecule has 1 N–H and O–H groups in total. The van der Waals surface area contributed by atoms with Gasteiger partial charge in [-0.2, -0.15) is 0 Å². The Labute approximate surface area is 111 Å². The SMILES string of the molecule is COc1cc(C)c(CC2CCCCN2)c(C)c1C. The highest BCUT2D eigenvalue weighted by atomic mass is 16.5. The van der Waals surface area contributed by atoms with Crippen LogP contribution in [0.5, 0.6) is 5.75 Å². The van der Waals surface area contributed by atoms with Crippen molar-refractivity contribution in [3.8, 4) is 5.75 Å². The fourth-order valence-electron chi connectivity index (χ4n) is 2.97. The maximum absolute atomic E-state index is 5.44. The number of methoxy groups -OCH3 is 1. The zero-order valence-electron chi connectivity index (χ0n) is 12.1. The molecule has 0 bridgehead atoms. The van der Waals surface area contributed by atoms with E-state index in [1.54, 1.807) is 7.11 Å². The van der Waals surface area contributed by atoms with Crippen LogP contribution < -0.4 is 10.1 Å². The van der Waals surface area contributed by atoms with Gasteiger partial charge >= 0.3 is 0 Å². The van der Waals surface area contributed by atoms with Crippen LogP contribution in [0.25, 0.3) is 0 Å². The molecule has 1 aliphatic heterocycles. The van der Waals surface area contributed by atoms with Gasteiger partial charge in [0, 0.05) is 6.04 Å². The van der Waals surface area contributed by atoms with E-state index in [0.717, 1.165) is 12.2 Å². The fraction of sp³-hybridized carbons (Fsp3) is 0.625. The van der Waals surface area contributed by atoms with Crippen LogP contribution in [0.2, 0.25) is 0 Å². The molecule has 1 heterocycles. The quantitative estimate of drug-likeness (QED) is 0.885. The van der Waals surface area contributed by atoms with E-state index in [0.29, 0.717) is 6.04 Å². The van der Waals surface area contributed by atoms with Gasteiger partial charge in [0.1, 0.15) is 5.75 Å². The van der Waals surface area contributed by atoms with Crippen molar-refractivity contribution in [2.24, 2.45) is 0 Å². The zero-order chi connectivity index (χ0) is 13.1. The van der Waals surface area contributed by atoms with E-state index in [1.807, 2.05) is 0 Å². The monoisotopic (exact) mass is 247 g/mol. The van der Waals surface area contributed by atoms with E-state index in [1.165, 1.54) is 48.1 Å². The lowest BCUT2D eigenvalue weighted by atomic mass is 9.90. The zero-order valence-corrected chi connectivity index (χ0v) is 12.1. The third-order valence-electron chi connectivity index (χ3n) is 4.29. The van der Waals surface area contributed by atoms with Gasteiger partial charge < -0.3 is 10.1 Å². The van der Waals surface area contributed by atoms with Gasteiger partial charge in [0.05, 0.1) is 7.11 Å². The van der Waals surface area contributed by atoms with Crippen LogP contribution in [0.1, 0.15) is 41.5 Å². The Bertz CT molecular complexity index is 420. The lowest BCUT2D eigenvalue weighted by molar-refractivity contribution is 0.396. The van der Waals surface area contributed by atoms with E-state index in [4.69, 9.17) is 4.74 Å². The van der Waals surface area contributed by atoms with Gasteiger partial charge in [0.2, 0.25) is 0 Å². The first kappa shape index (κ1) is 13.4. The van der Waals surface area contributed by atoms with Gasteiger partial charge in [-0.25, -0.2) is 0 Å². The Balaban J connectivity index is 2.24. The third kappa shape index (κ3) is 2.69. The van der Waals surface area contributed by atoms with Crippen molar-refractivity contribution in [3.05, 3.63) is 28.3 Å². The summed E-state index contributed by atoms with van der Waals surface area (Å²) in [7, 11) is 1.75. The van der Waals surface area contributed by atoms with Crippen LogP contribution in [0.4, 0.5) is 0 Å². The van der Waals surface area contributed by atoms with Gasteiger partial charge in [-0.1, -0.05) is 6.42 Å². The topological polar surface area (TPSA) is 21.3 Å². The molecule has 0 radical (unpaired) electrons. The van der Waals surface area contributed by atoms with Crippen LogP contribution in [0.15, 0.2) is 6.07 Å². The Morgan fingerprint density at radius 1 is 1.22 bits per heavy atom. The Morgan fingerprint density at radius 2 is 2.00 bits per heavy atom. The number of hydrogen-bond donors (Lipinski definition) is 1. The molecule has 1 unspecified atom stereocenters. The summed E-state index contributed by atoms with van der Waals surface area (Å²) < 4.78 is 5.44. The second-order valence-corrected chi connectivity index (χ2v) is 5.48. The second-order valence-electron chi connectivity index (χ2n) is 5.48. The molecule has 0 aliphatic carbocycles. The number of hydrogen-bond acceptors (Lipinski definition) is 2. The smallest absolute Gasteiger partial charge is 0.122 e. The Kier molecular flexibility index (Phi) is 4.28. The van der Waals surface area contributed by atoms with E-state index < -0.39 is 0 Å². The molecule has 2 nitrogen and oxygen atoms in total. The highest BCUT2D eigenvalue weighted by Crippen LogP contribution is 2.29. The average molecular weight is 247 g/mol. The number of ether oxygens (including phenoxy) is 1. The predicted molar refractivity (Wildman–Crippen MR) is 76.6 cm³/mol. The molecule has 1 aliphatic rings. The minimum absolute atomic E-state index is 0.656. The first-order valence-electron chi connectivity index (χ1n) is 7.00. The third-order valence-corrected chi connectivity index (χ3v) is 4.29. The molecule has 1 atom stereocenters. The second kappa shape index (κ2) is 5.75. The van der Waals surface area contributed by atoms with E-state index in [9.17, 15) is 0 Å². The molecule has 1 aromatic carbocycles. The number of benzene rings is 1. The van der Waals surface area contributed by atoms with E-state index >= 15 is 0 Å². The minimum Gasteiger partial charge on any atom is -0.496 e. The summed E-state index contributed by atoms with van der Waals surface area (Å²) in [6.07, 6.45) is 5.16. The Hall–Kier alpha value is -1.02. The van der Waals surface area contributed by atoms with Crippen molar-refractivity contribution in [1.29, 1.82) is 0 Å². The van der Waals surface area contributed by atoms with Crippen molar-refractivity contribution in [2.45, 2.75) is 52.5 Å². The molecule has 1 fully saturated rings. The summed E-state index contributed by atoms with van der Waals surface area (Å²) in [5, 5.41) is 3.64. The molecular weight excluding hydrogens is 222 g/mol. The van der Waals surface area contributed by atoms with Crippen LogP contribution >= 0.6 is 0 Å². The largest absolute Gasteiger partial charge is 0.496 e. The molecule has 1 aromatic rings. The minimum atomic E-state index is 0.656. The summed E-state index contributed by atoms with van der Waals surface area (Å²) in [5.41, 5.74) is 5.56. The maximum Gasteiger partial charge on any atom is 0.122 e. The van der Waals surface area contributed by atoms with Crippen molar-refractivity contribution in [2.75, 3.05) is 13.7 Å². The molecule has 1 saturated heterocycles. The summed E-state index contributed by atoms with van der Waals surface area (Å²) in [4.78, 5) is 0. The fourth-order valence-corrected chi connectivity index (χ4v) is 2.97. The maximum atomic E-state index is 5.44. The highest BCUT2D eigenvalue weighted by Gasteiger charge is 2.17. The molecule has 100 valence electrons.